The van der Waals surface area contributed by atoms with Gasteiger partial charge in [0.05, 0.1) is 21.5 Å². The van der Waals surface area contributed by atoms with Crippen LogP contribution in [0.25, 0.3) is 11.3 Å². The lowest BCUT2D eigenvalue weighted by Gasteiger charge is -2.34. The van der Waals surface area contributed by atoms with E-state index in [0.717, 1.165) is 30.2 Å². The molecule has 2 aromatic carbocycles. The van der Waals surface area contributed by atoms with Gasteiger partial charge in [-0.25, -0.2) is 18.4 Å². The zero-order valence-corrected chi connectivity index (χ0v) is 28.3. The average molecular weight is 709 g/mol. The molecule has 48 heavy (non-hydrogen) atoms. The van der Waals surface area contributed by atoms with E-state index in [-0.39, 0.29) is 28.1 Å². The molecule has 4 aromatic rings. The van der Waals surface area contributed by atoms with Crippen LogP contribution in [0.15, 0.2) is 80.4 Å². The number of sulfone groups is 1. The number of piperazine rings is 1. The van der Waals surface area contributed by atoms with Gasteiger partial charge in [-0.1, -0.05) is 60.3 Å². The molecule has 2 fully saturated rings. The molecule has 250 valence electrons. The molecule has 2 saturated heterocycles. The summed E-state index contributed by atoms with van der Waals surface area (Å²) in [6, 6.07) is 19.4. The first kappa shape index (κ1) is 33.5. The number of nitrogens with zero attached hydrogens (tertiary/aromatic N) is 8. The van der Waals surface area contributed by atoms with Crippen molar-refractivity contribution in [2.45, 2.75) is 15.1 Å². The summed E-state index contributed by atoms with van der Waals surface area (Å²) in [6.07, 6.45) is 0. The zero-order valence-electron chi connectivity index (χ0n) is 25.8. The molecule has 0 spiro atoms. The summed E-state index contributed by atoms with van der Waals surface area (Å²) in [6.45, 7) is 4.21. The number of nitriles is 1. The zero-order chi connectivity index (χ0) is 33.5. The maximum atomic E-state index is 13.2. The van der Waals surface area contributed by atoms with Gasteiger partial charge in [0.15, 0.2) is 11.0 Å². The minimum absolute atomic E-state index is 0.0422. The van der Waals surface area contributed by atoms with E-state index in [4.69, 9.17) is 14.7 Å². The number of hydrogen-bond acceptors (Lipinski definition) is 14. The van der Waals surface area contributed by atoms with Crippen molar-refractivity contribution in [3.63, 3.8) is 0 Å². The van der Waals surface area contributed by atoms with Gasteiger partial charge in [-0.15, -0.1) is 0 Å². The number of amides is 1. The third kappa shape index (κ3) is 7.51. The maximum Gasteiger partial charge on any atom is 0.415 e. The van der Waals surface area contributed by atoms with Gasteiger partial charge < -0.3 is 19.7 Å². The summed E-state index contributed by atoms with van der Waals surface area (Å²) in [5.74, 6) is 2.22. The summed E-state index contributed by atoms with van der Waals surface area (Å²) in [7, 11) is -4.20. The minimum Gasteiger partial charge on any atom is -0.453 e. The molecular formula is C31H32N8O6S3. The number of benzene rings is 2. The second-order valence-electron chi connectivity index (χ2n) is 10.8. The molecule has 0 unspecified atom stereocenters. The van der Waals surface area contributed by atoms with Crippen LogP contribution in [-0.4, -0.2) is 109 Å². The van der Waals surface area contributed by atoms with Crippen LogP contribution in [0.1, 0.15) is 5.56 Å². The summed E-state index contributed by atoms with van der Waals surface area (Å²) in [5.41, 5.74) is 1.82. The fourth-order valence-electron chi connectivity index (χ4n) is 5.36. The molecule has 2 aliphatic rings. The van der Waals surface area contributed by atoms with Crippen molar-refractivity contribution >= 4 is 45.1 Å². The smallest absolute Gasteiger partial charge is 0.415 e. The van der Waals surface area contributed by atoms with Gasteiger partial charge in [-0.3, -0.25) is 14.3 Å². The lowest BCUT2D eigenvalue weighted by molar-refractivity contribution is -0.832. The normalized spacial score (nSPS) is 15.6. The van der Waals surface area contributed by atoms with Crippen molar-refractivity contribution in [3.05, 3.63) is 71.4 Å². The molecule has 2 aliphatic heterocycles. The Labute approximate surface area is 286 Å². The largest absolute Gasteiger partial charge is 0.453 e. The third-order valence-electron chi connectivity index (χ3n) is 7.89. The van der Waals surface area contributed by atoms with E-state index in [1.54, 1.807) is 23.1 Å². The number of carbonyl (C=O) groups excluding carboxylic acids is 1. The Balaban J connectivity index is 1.04. The van der Waals surface area contributed by atoms with Crippen molar-refractivity contribution in [2.75, 3.05) is 74.6 Å². The standard InChI is InChI=1S/C31H32N8O6S3/c32-21-25-27(23-7-3-1-4-8-23)33-31(34-28(25)38-16-19-46-20-17-38)47-22-26(40)37-13-11-36(12-14-37)15-18-44-29-30(39(41)45-35-29)48(42,43)24-9-5-2-6-10-24/h1-10H,11-20,22H2. The maximum absolute atomic E-state index is 13.2. The SMILES string of the molecule is N#Cc1c(-c2ccccc2)nc(SCC(=O)N2CCN(CCOc3no[n+]([O-])c3S(=O)(=O)c3ccccc3)CC2)nc1N1CCSCC1. The molecular weight excluding hydrogens is 677 g/mol. The second kappa shape index (κ2) is 15.2. The van der Waals surface area contributed by atoms with Crippen LogP contribution in [0.4, 0.5) is 5.82 Å². The van der Waals surface area contributed by atoms with E-state index in [9.17, 15) is 23.7 Å². The van der Waals surface area contributed by atoms with Crippen LogP contribution in [-0.2, 0) is 14.6 Å². The molecule has 2 aromatic heterocycles. The highest BCUT2D eigenvalue weighted by atomic mass is 32.2. The predicted octanol–water partition coefficient (Wildman–Crippen LogP) is 2.34. The molecule has 6 rings (SSSR count). The van der Waals surface area contributed by atoms with E-state index in [1.807, 2.05) is 42.1 Å². The van der Waals surface area contributed by atoms with E-state index in [1.165, 1.54) is 23.9 Å². The molecule has 17 heteroatoms. The first-order valence-electron chi connectivity index (χ1n) is 15.2. The van der Waals surface area contributed by atoms with Crippen LogP contribution in [0, 0.1) is 16.5 Å². The highest BCUT2D eigenvalue weighted by Gasteiger charge is 2.36. The van der Waals surface area contributed by atoms with Crippen molar-refractivity contribution in [1.29, 1.82) is 5.26 Å². The fraction of sp³-hybridized carbons (Fsp3) is 0.355. The molecule has 1 amide bonds. The van der Waals surface area contributed by atoms with E-state index in [2.05, 4.69) is 25.7 Å². The number of anilines is 1. The third-order valence-corrected chi connectivity index (χ3v) is 11.4. The Morgan fingerprint density at radius 1 is 1.02 bits per heavy atom. The molecule has 0 saturated carbocycles. The van der Waals surface area contributed by atoms with Gasteiger partial charge in [-0.2, -0.15) is 17.0 Å². The van der Waals surface area contributed by atoms with E-state index in [0.29, 0.717) is 55.0 Å². The predicted molar refractivity (Wildman–Crippen MR) is 178 cm³/mol. The van der Waals surface area contributed by atoms with Gasteiger partial charge in [0.1, 0.15) is 18.2 Å². The first-order valence-corrected chi connectivity index (χ1v) is 18.8. The molecule has 0 radical (unpaired) electrons. The highest BCUT2D eigenvalue weighted by molar-refractivity contribution is 7.99. The lowest BCUT2D eigenvalue weighted by Crippen LogP contribution is -2.50. The van der Waals surface area contributed by atoms with Gasteiger partial charge >= 0.3 is 10.9 Å². The Bertz CT molecular complexity index is 1880. The highest BCUT2D eigenvalue weighted by Crippen LogP contribution is 2.32. The van der Waals surface area contributed by atoms with Crippen molar-refractivity contribution in [1.82, 2.24) is 24.9 Å². The molecule has 14 nitrogen and oxygen atoms in total. The van der Waals surface area contributed by atoms with E-state index >= 15 is 0 Å². The van der Waals surface area contributed by atoms with Crippen molar-refractivity contribution < 1.29 is 27.5 Å². The molecule has 4 heterocycles. The number of carbonyl (C=O) groups is 1. The molecule has 0 atom stereocenters. The molecule has 0 bridgehead atoms. The van der Waals surface area contributed by atoms with Crippen LogP contribution in [0.3, 0.4) is 0 Å². The van der Waals surface area contributed by atoms with Gasteiger partial charge in [0.25, 0.3) is 9.84 Å². The van der Waals surface area contributed by atoms with Crippen molar-refractivity contribution in [2.24, 2.45) is 0 Å². The summed E-state index contributed by atoms with van der Waals surface area (Å²) in [4.78, 5) is 28.5. The number of hydrogen-bond donors (Lipinski definition) is 0. The molecule has 0 N–H and O–H groups in total. The summed E-state index contributed by atoms with van der Waals surface area (Å²) >= 11 is 3.14. The van der Waals surface area contributed by atoms with Crippen LogP contribution < -0.4 is 14.5 Å². The first-order chi connectivity index (χ1) is 23.3. The lowest BCUT2D eigenvalue weighted by atomic mass is 10.1. The second-order valence-corrected chi connectivity index (χ2v) is 14.9. The summed E-state index contributed by atoms with van der Waals surface area (Å²) < 4.78 is 36.1. The minimum atomic E-state index is -4.20. The monoisotopic (exact) mass is 708 g/mol. The number of thioether (sulfide) groups is 2. The van der Waals surface area contributed by atoms with Gasteiger partial charge in [-0.05, 0) is 17.0 Å². The van der Waals surface area contributed by atoms with Gasteiger partial charge in [0.2, 0.25) is 5.91 Å². The Kier molecular flexibility index (Phi) is 10.6. The number of ether oxygens (including phenoxy) is 1. The van der Waals surface area contributed by atoms with Crippen molar-refractivity contribution in [3.8, 4) is 23.2 Å². The number of rotatable bonds is 11. The van der Waals surface area contributed by atoms with E-state index < -0.39 is 20.7 Å². The summed E-state index contributed by atoms with van der Waals surface area (Å²) in [5, 5.41) is 25.5. The topological polar surface area (TPSA) is 173 Å². The average Bonchev–Trinajstić information content (AvgIpc) is 3.52. The Hall–Kier alpha value is -4.37. The van der Waals surface area contributed by atoms with Gasteiger partial charge in [0, 0.05) is 62.9 Å². The quantitative estimate of drug-likeness (QED) is 0.126. The number of aromatic nitrogens is 4. The molecule has 0 aliphatic carbocycles. The van der Waals surface area contributed by atoms with Crippen LogP contribution in [0.5, 0.6) is 5.88 Å². The van der Waals surface area contributed by atoms with Crippen LogP contribution >= 0.6 is 23.5 Å². The fourth-order valence-corrected chi connectivity index (χ4v) is 8.30. The Morgan fingerprint density at radius 3 is 2.40 bits per heavy atom. The Morgan fingerprint density at radius 2 is 1.71 bits per heavy atom. The van der Waals surface area contributed by atoms with Crippen LogP contribution in [0.2, 0.25) is 0 Å².